The molecule has 1 unspecified atom stereocenters. The summed E-state index contributed by atoms with van der Waals surface area (Å²) in [5, 5.41) is 12.1. The number of carbonyl (C=O) groups is 2. The minimum absolute atomic E-state index is 0. The molecular weight excluding hydrogens is 396 g/mol. The van der Waals surface area contributed by atoms with Crippen LogP contribution in [0.2, 0.25) is 0 Å². The molecule has 2 rings (SSSR count). The normalized spacial score (nSPS) is 11.5. The molecule has 0 aliphatic heterocycles. The van der Waals surface area contributed by atoms with Gasteiger partial charge in [-0.2, -0.15) is 0 Å². The van der Waals surface area contributed by atoms with Crippen molar-refractivity contribution in [2.24, 2.45) is 0 Å². The molecule has 8 heteroatoms. The Morgan fingerprint density at radius 2 is 1.38 bits per heavy atom. The first-order chi connectivity index (χ1) is 13.3. The fourth-order valence-electron chi connectivity index (χ4n) is 2.71. The van der Waals surface area contributed by atoms with Gasteiger partial charge in [-0.25, -0.2) is 0 Å². The molecule has 0 bridgehead atoms. The molecule has 2 aromatic carbocycles. The third-order valence-corrected chi connectivity index (χ3v) is 4.62. The van der Waals surface area contributed by atoms with E-state index in [1.54, 1.807) is 28.2 Å². The smallest absolute Gasteiger partial charge is 0.320 e. The predicted molar refractivity (Wildman–Crippen MR) is 113 cm³/mol. The van der Waals surface area contributed by atoms with Crippen LogP contribution in [0.4, 0.5) is 0 Å². The van der Waals surface area contributed by atoms with Gasteiger partial charge in [0.1, 0.15) is 17.5 Å². The zero-order valence-corrected chi connectivity index (χ0v) is 17.7. The van der Waals surface area contributed by atoms with E-state index < -0.39 is 18.1 Å². The number of carbonyl (C=O) groups excluding carboxylic acids is 1. The second-order valence-electron chi connectivity index (χ2n) is 6.48. The molecule has 0 aromatic heterocycles. The van der Waals surface area contributed by atoms with Gasteiger partial charge in [0, 0.05) is 0 Å². The van der Waals surface area contributed by atoms with E-state index >= 15 is 0 Å². The average Bonchev–Trinajstić information content (AvgIpc) is 2.71. The standard InChI is InChI=1S/C21H26N2O5.ClH/c1-14(21(25)26)23(2)13-19(24)22-20(15-5-9-17(27-3)10-6-15)16-7-11-18(28-4)12-8-16;/h5-12,14,20H,13H2,1-4H3,(H,22,24)(H,25,26);1H. The molecule has 2 aromatic rings. The Balaban J connectivity index is 0.00000420. The lowest BCUT2D eigenvalue weighted by molar-refractivity contribution is -0.142. The number of rotatable bonds is 9. The third-order valence-electron chi connectivity index (χ3n) is 4.62. The summed E-state index contributed by atoms with van der Waals surface area (Å²) < 4.78 is 10.4. The first kappa shape index (κ1) is 24.3. The number of hydrogen-bond acceptors (Lipinski definition) is 5. The Hall–Kier alpha value is -2.77. The minimum atomic E-state index is -0.975. The van der Waals surface area contributed by atoms with Gasteiger partial charge in [-0.05, 0) is 49.4 Å². The summed E-state index contributed by atoms with van der Waals surface area (Å²) >= 11 is 0. The number of likely N-dealkylation sites (N-methyl/N-ethyl adjacent to an activating group) is 1. The quantitative estimate of drug-likeness (QED) is 0.646. The maximum atomic E-state index is 12.6. The van der Waals surface area contributed by atoms with E-state index in [-0.39, 0.29) is 24.9 Å². The summed E-state index contributed by atoms with van der Waals surface area (Å²) in [6.07, 6.45) is 0. The maximum absolute atomic E-state index is 12.6. The Labute approximate surface area is 177 Å². The van der Waals surface area contributed by atoms with Gasteiger partial charge < -0.3 is 19.9 Å². The van der Waals surface area contributed by atoms with E-state index in [2.05, 4.69) is 5.32 Å². The highest BCUT2D eigenvalue weighted by molar-refractivity contribution is 5.85. The van der Waals surface area contributed by atoms with Gasteiger partial charge in [-0.1, -0.05) is 24.3 Å². The number of nitrogens with one attached hydrogen (secondary N) is 1. The SMILES string of the molecule is COc1ccc(C(NC(=O)CN(C)C(C)C(=O)O)c2ccc(OC)cc2)cc1.Cl. The summed E-state index contributed by atoms with van der Waals surface area (Å²) in [6, 6.07) is 13.7. The number of ether oxygens (including phenoxy) is 2. The van der Waals surface area contributed by atoms with Crippen LogP contribution < -0.4 is 14.8 Å². The van der Waals surface area contributed by atoms with Gasteiger partial charge in [0.05, 0.1) is 26.8 Å². The van der Waals surface area contributed by atoms with Crippen molar-refractivity contribution in [2.75, 3.05) is 27.8 Å². The number of carboxylic acid groups (broad SMARTS) is 1. The van der Waals surface area contributed by atoms with Gasteiger partial charge in [0.15, 0.2) is 0 Å². The number of hydrogen-bond donors (Lipinski definition) is 2. The van der Waals surface area contributed by atoms with Crippen molar-refractivity contribution in [1.29, 1.82) is 0 Å². The van der Waals surface area contributed by atoms with Crippen LogP contribution >= 0.6 is 12.4 Å². The second kappa shape index (κ2) is 11.3. The number of aliphatic carboxylic acids is 1. The number of benzene rings is 2. The number of halogens is 1. The summed E-state index contributed by atoms with van der Waals surface area (Å²) in [7, 11) is 4.79. The Morgan fingerprint density at radius 3 is 1.72 bits per heavy atom. The molecule has 158 valence electrons. The molecule has 1 amide bonds. The molecule has 29 heavy (non-hydrogen) atoms. The van der Waals surface area contributed by atoms with Crippen LogP contribution in [0.15, 0.2) is 48.5 Å². The number of amides is 1. The van der Waals surface area contributed by atoms with E-state index in [4.69, 9.17) is 14.6 Å². The van der Waals surface area contributed by atoms with Crippen molar-refractivity contribution >= 4 is 24.3 Å². The molecule has 1 atom stereocenters. The number of methoxy groups -OCH3 is 2. The van der Waals surface area contributed by atoms with Crippen LogP contribution in [0.1, 0.15) is 24.1 Å². The highest BCUT2D eigenvalue weighted by Crippen LogP contribution is 2.26. The molecule has 0 aliphatic rings. The Bertz CT molecular complexity index is 748. The van der Waals surface area contributed by atoms with Crippen molar-refractivity contribution in [1.82, 2.24) is 10.2 Å². The zero-order chi connectivity index (χ0) is 20.7. The topological polar surface area (TPSA) is 88.1 Å². The van der Waals surface area contributed by atoms with Crippen molar-refractivity contribution in [3.05, 3.63) is 59.7 Å². The van der Waals surface area contributed by atoms with Crippen LogP contribution in [-0.2, 0) is 9.59 Å². The summed E-state index contributed by atoms with van der Waals surface area (Å²) in [4.78, 5) is 25.2. The molecule has 2 N–H and O–H groups in total. The molecule has 0 saturated carbocycles. The first-order valence-electron chi connectivity index (χ1n) is 8.86. The van der Waals surface area contributed by atoms with E-state index in [9.17, 15) is 9.59 Å². The summed E-state index contributed by atoms with van der Waals surface area (Å²) in [5.74, 6) is 0.196. The van der Waals surface area contributed by atoms with Crippen molar-refractivity contribution < 1.29 is 24.2 Å². The molecular formula is C21H27ClN2O5. The monoisotopic (exact) mass is 422 g/mol. The lowest BCUT2D eigenvalue weighted by Crippen LogP contribution is -2.43. The molecule has 0 saturated heterocycles. The van der Waals surface area contributed by atoms with Gasteiger partial charge in [0.2, 0.25) is 5.91 Å². The fourth-order valence-corrected chi connectivity index (χ4v) is 2.71. The largest absolute Gasteiger partial charge is 0.497 e. The number of nitrogens with zero attached hydrogens (tertiary/aromatic N) is 1. The molecule has 7 nitrogen and oxygen atoms in total. The van der Waals surface area contributed by atoms with E-state index in [0.29, 0.717) is 0 Å². The van der Waals surface area contributed by atoms with Crippen LogP contribution in [0.3, 0.4) is 0 Å². The molecule has 0 radical (unpaired) electrons. The lowest BCUT2D eigenvalue weighted by atomic mass is 9.98. The van der Waals surface area contributed by atoms with E-state index in [1.807, 2.05) is 48.5 Å². The lowest BCUT2D eigenvalue weighted by Gasteiger charge is -2.24. The Kier molecular flexibility index (Phi) is 9.44. The summed E-state index contributed by atoms with van der Waals surface area (Å²) in [5.41, 5.74) is 1.77. The zero-order valence-electron chi connectivity index (χ0n) is 16.9. The first-order valence-corrected chi connectivity index (χ1v) is 8.86. The fraction of sp³-hybridized carbons (Fsp3) is 0.333. The molecule has 0 spiro atoms. The highest BCUT2D eigenvalue weighted by Gasteiger charge is 2.22. The molecule has 0 fully saturated rings. The van der Waals surface area contributed by atoms with Crippen LogP contribution in [0.25, 0.3) is 0 Å². The average molecular weight is 423 g/mol. The molecule has 0 aliphatic carbocycles. The van der Waals surface area contributed by atoms with Crippen LogP contribution in [0, 0.1) is 0 Å². The van der Waals surface area contributed by atoms with E-state index in [1.165, 1.54) is 4.90 Å². The van der Waals surface area contributed by atoms with Gasteiger partial charge in [0.25, 0.3) is 0 Å². The van der Waals surface area contributed by atoms with E-state index in [0.717, 1.165) is 22.6 Å². The Morgan fingerprint density at radius 1 is 0.966 bits per heavy atom. The van der Waals surface area contributed by atoms with Gasteiger partial charge >= 0.3 is 5.97 Å². The van der Waals surface area contributed by atoms with Crippen LogP contribution in [0.5, 0.6) is 11.5 Å². The van der Waals surface area contributed by atoms with Crippen molar-refractivity contribution in [2.45, 2.75) is 19.0 Å². The van der Waals surface area contributed by atoms with Gasteiger partial charge in [-0.3, -0.25) is 14.5 Å². The number of carboxylic acids is 1. The van der Waals surface area contributed by atoms with Gasteiger partial charge in [-0.15, -0.1) is 12.4 Å². The maximum Gasteiger partial charge on any atom is 0.320 e. The molecule has 0 heterocycles. The second-order valence-corrected chi connectivity index (χ2v) is 6.48. The third kappa shape index (κ3) is 6.66. The summed E-state index contributed by atoms with van der Waals surface area (Å²) in [6.45, 7) is 1.51. The minimum Gasteiger partial charge on any atom is -0.497 e. The van der Waals surface area contributed by atoms with Crippen LogP contribution in [-0.4, -0.2) is 55.7 Å². The highest BCUT2D eigenvalue weighted by atomic mass is 35.5. The predicted octanol–water partition coefficient (Wildman–Crippen LogP) is 2.74. The van der Waals surface area contributed by atoms with Crippen molar-refractivity contribution in [3.8, 4) is 11.5 Å². The van der Waals surface area contributed by atoms with Crippen molar-refractivity contribution in [3.63, 3.8) is 0 Å².